The van der Waals surface area contributed by atoms with Crippen LogP contribution in [0, 0.1) is 15.9 Å². The number of hydrogen-bond donors (Lipinski definition) is 1. The van der Waals surface area contributed by atoms with Crippen LogP contribution in [0.1, 0.15) is 12.8 Å². The fourth-order valence-corrected chi connectivity index (χ4v) is 2.95. The summed E-state index contributed by atoms with van der Waals surface area (Å²) in [6.07, 6.45) is 2.02. The van der Waals surface area contributed by atoms with E-state index in [0.29, 0.717) is 5.69 Å². The summed E-state index contributed by atoms with van der Waals surface area (Å²) in [5, 5.41) is 13.8. The predicted molar refractivity (Wildman–Crippen MR) is 67.0 cm³/mol. The van der Waals surface area contributed by atoms with Crippen LogP contribution in [0.25, 0.3) is 0 Å². The van der Waals surface area contributed by atoms with Gasteiger partial charge in [0.05, 0.1) is 11.0 Å². The standard InChI is InChI=1S/C11H13FN2O2S/c12-8-5-10(7-11(6-8)14(15)16)13-9-1-3-17-4-2-9/h5-7,9,13H,1-4H2. The maximum Gasteiger partial charge on any atom is 0.274 e. The topological polar surface area (TPSA) is 55.2 Å². The number of nitro groups is 1. The van der Waals surface area contributed by atoms with Crippen molar-refractivity contribution in [3.63, 3.8) is 0 Å². The Kier molecular flexibility index (Phi) is 3.83. The molecule has 92 valence electrons. The third-order valence-electron chi connectivity index (χ3n) is 2.69. The predicted octanol–water partition coefficient (Wildman–Crippen LogP) is 3.04. The van der Waals surface area contributed by atoms with Crippen LogP contribution in [0.4, 0.5) is 15.8 Å². The molecule has 1 saturated heterocycles. The highest BCUT2D eigenvalue weighted by atomic mass is 32.2. The van der Waals surface area contributed by atoms with Crippen molar-refractivity contribution in [3.8, 4) is 0 Å². The Bertz CT molecular complexity index is 422. The van der Waals surface area contributed by atoms with E-state index in [9.17, 15) is 14.5 Å². The minimum Gasteiger partial charge on any atom is -0.382 e. The average Bonchev–Trinajstić information content (AvgIpc) is 2.29. The number of nitrogens with zero attached hydrogens (tertiary/aromatic N) is 1. The number of rotatable bonds is 3. The van der Waals surface area contributed by atoms with Crippen molar-refractivity contribution in [2.45, 2.75) is 18.9 Å². The molecule has 0 aromatic heterocycles. The second-order valence-electron chi connectivity index (χ2n) is 3.99. The van der Waals surface area contributed by atoms with Crippen molar-refractivity contribution in [1.29, 1.82) is 0 Å². The average molecular weight is 256 g/mol. The second kappa shape index (κ2) is 5.35. The van der Waals surface area contributed by atoms with E-state index in [1.807, 2.05) is 11.8 Å². The first kappa shape index (κ1) is 12.2. The van der Waals surface area contributed by atoms with E-state index in [2.05, 4.69) is 5.32 Å². The Labute approximate surface area is 103 Å². The molecule has 1 fully saturated rings. The molecule has 0 amide bonds. The molecule has 1 aliphatic rings. The third kappa shape index (κ3) is 3.33. The van der Waals surface area contributed by atoms with Gasteiger partial charge in [0, 0.05) is 17.8 Å². The molecule has 0 atom stereocenters. The number of halogens is 1. The number of nitrogens with one attached hydrogen (secondary N) is 1. The Morgan fingerprint density at radius 2 is 2.06 bits per heavy atom. The molecule has 1 heterocycles. The molecule has 1 N–H and O–H groups in total. The van der Waals surface area contributed by atoms with E-state index >= 15 is 0 Å². The Hall–Kier alpha value is -1.30. The van der Waals surface area contributed by atoms with E-state index in [-0.39, 0.29) is 11.7 Å². The number of nitro benzene ring substituents is 1. The molecule has 0 saturated carbocycles. The van der Waals surface area contributed by atoms with E-state index in [1.165, 1.54) is 12.1 Å². The smallest absolute Gasteiger partial charge is 0.274 e. The molecule has 17 heavy (non-hydrogen) atoms. The second-order valence-corrected chi connectivity index (χ2v) is 5.21. The highest BCUT2D eigenvalue weighted by molar-refractivity contribution is 7.99. The lowest BCUT2D eigenvalue weighted by molar-refractivity contribution is -0.385. The van der Waals surface area contributed by atoms with Gasteiger partial charge in [-0.25, -0.2) is 4.39 Å². The van der Waals surface area contributed by atoms with E-state index in [1.54, 1.807) is 0 Å². The molecular formula is C11H13FN2O2S. The van der Waals surface area contributed by atoms with Crippen LogP contribution in [0.5, 0.6) is 0 Å². The molecule has 0 spiro atoms. The molecule has 0 bridgehead atoms. The van der Waals surface area contributed by atoms with Gasteiger partial charge in [0.25, 0.3) is 5.69 Å². The van der Waals surface area contributed by atoms with Gasteiger partial charge in [-0.15, -0.1) is 0 Å². The van der Waals surface area contributed by atoms with Crippen LogP contribution in [0.15, 0.2) is 18.2 Å². The number of non-ortho nitro benzene ring substituents is 1. The monoisotopic (exact) mass is 256 g/mol. The largest absolute Gasteiger partial charge is 0.382 e. The lowest BCUT2D eigenvalue weighted by atomic mass is 10.1. The fourth-order valence-electron chi connectivity index (χ4n) is 1.84. The lowest BCUT2D eigenvalue weighted by Gasteiger charge is -2.23. The van der Waals surface area contributed by atoms with Crippen LogP contribution in [-0.2, 0) is 0 Å². The summed E-state index contributed by atoms with van der Waals surface area (Å²) in [5.41, 5.74) is 0.284. The number of hydrogen-bond acceptors (Lipinski definition) is 4. The molecule has 4 nitrogen and oxygen atoms in total. The summed E-state index contributed by atoms with van der Waals surface area (Å²) < 4.78 is 13.2. The fraction of sp³-hybridized carbons (Fsp3) is 0.455. The zero-order chi connectivity index (χ0) is 12.3. The lowest BCUT2D eigenvalue weighted by Crippen LogP contribution is -2.24. The Balaban J connectivity index is 2.11. The summed E-state index contributed by atoms with van der Waals surface area (Å²) in [4.78, 5) is 10.0. The number of thioether (sulfide) groups is 1. The summed E-state index contributed by atoms with van der Waals surface area (Å²) in [6, 6.07) is 3.90. The van der Waals surface area contributed by atoms with Gasteiger partial charge in [-0.2, -0.15) is 11.8 Å². The molecule has 1 aromatic rings. The van der Waals surface area contributed by atoms with Crippen molar-refractivity contribution in [3.05, 3.63) is 34.1 Å². The SMILES string of the molecule is O=[N+]([O-])c1cc(F)cc(NC2CCSCC2)c1. The van der Waals surface area contributed by atoms with E-state index in [4.69, 9.17) is 0 Å². The first-order valence-corrected chi connectivity index (χ1v) is 6.60. The zero-order valence-electron chi connectivity index (χ0n) is 9.19. The molecule has 6 heteroatoms. The maximum absolute atomic E-state index is 13.2. The highest BCUT2D eigenvalue weighted by Gasteiger charge is 2.15. The van der Waals surface area contributed by atoms with Crippen molar-refractivity contribution in [2.24, 2.45) is 0 Å². The molecule has 2 rings (SSSR count). The number of benzene rings is 1. The third-order valence-corrected chi connectivity index (χ3v) is 3.73. The molecule has 1 aromatic carbocycles. The van der Waals surface area contributed by atoms with E-state index < -0.39 is 10.7 Å². The molecule has 0 radical (unpaired) electrons. The van der Waals surface area contributed by atoms with Gasteiger partial charge in [0.15, 0.2) is 0 Å². The van der Waals surface area contributed by atoms with Gasteiger partial charge in [-0.3, -0.25) is 10.1 Å². The van der Waals surface area contributed by atoms with Gasteiger partial charge in [-0.1, -0.05) is 0 Å². The summed E-state index contributed by atoms with van der Waals surface area (Å²) in [5.74, 6) is 1.58. The first-order chi connectivity index (χ1) is 8.15. The van der Waals surface area contributed by atoms with Gasteiger partial charge in [-0.05, 0) is 30.4 Å². The van der Waals surface area contributed by atoms with Crippen molar-refractivity contribution >= 4 is 23.1 Å². The minimum absolute atomic E-state index is 0.210. The van der Waals surface area contributed by atoms with Gasteiger partial charge < -0.3 is 5.32 Å². The van der Waals surface area contributed by atoms with Gasteiger partial charge in [0.2, 0.25) is 0 Å². The van der Waals surface area contributed by atoms with Gasteiger partial charge in [0.1, 0.15) is 5.82 Å². The van der Waals surface area contributed by atoms with Crippen LogP contribution in [0.3, 0.4) is 0 Å². The Morgan fingerprint density at radius 3 is 2.71 bits per heavy atom. The highest BCUT2D eigenvalue weighted by Crippen LogP contribution is 2.24. The molecule has 1 aliphatic heterocycles. The minimum atomic E-state index is -0.578. The molecule has 0 unspecified atom stereocenters. The number of anilines is 1. The molecule has 0 aliphatic carbocycles. The van der Waals surface area contributed by atoms with E-state index in [0.717, 1.165) is 30.4 Å². The summed E-state index contributed by atoms with van der Waals surface area (Å²) in [7, 11) is 0. The van der Waals surface area contributed by atoms with Crippen LogP contribution in [0.2, 0.25) is 0 Å². The van der Waals surface area contributed by atoms with Crippen molar-refractivity contribution in [2.75, 3.05) is 16.8 Å². The summed E-state index contributed by atoms with van der Waals surface area (Å²) >= 11 is 1.90. The Morgan fingerprint density at radius 1 is 1.35 bits per heavy atom. The van der Waals surface area contributed by atoms with Crippen molar-refractivity contribution in [1.82, 2.24) is 0 Å². The normalized spacial score (nSPS) is 16.8. The van der Waals surface area contributed by atoms with Crippen molar-refractivity contribution < 1.29 is 9.31 Å². The van der Waals surface area contributed by atoms with Crippen LogP contribution >= 0.6 is 11.8 Å². The van der Waals surface area contributed by atoms with Crippen LogP contribution in [-0.4, -0.2) is 22.5 Å². The van der Waals surface area contributed by atoms with Crippen LogP contribution < -0.4 is 5.32 Å². The molecular weight excluding hydrogens is 243 g/mol. The quantitative estimate of drug-likeness (QED) is 0.667. The summed E-state index contributed by atoms with van der Waals surface area (Å²) in [6.45, 7) is 0. The van der Waals surface area contributed by atoms with Gasteiger partial charge >= 0.3 is 0 Å². The maximum atomic E-state index is 13.2. The first-order valence-electron chi connectivity index (χ1n) is 5.44. The zero-order valence-corrected chi connectivity index (χ0v) is 10.0.